The van der Waals surface area contributed by atoms with Gasteiger partial charge in [-0.2, -0.15) is 0 Å². The molecule has 1 aliphatic rings. The van der Waals surface area contributed by atoms with Crippen LogP contribution in [0.5, 0.6) is 11.5 Å². The molecule has 1 aromatic rings. The van der Waals surface area contributed by atoms with Gasteiger partial charge in [-0.3, -0.25) is 4.79 Å². The Balaban J connectivity index is 2.18. The molecular formula is C13H16ClNO4. The molecule has 2 rings (SSSR count). The van der Waals surface area contributed by atoms with Gasteiger partial charge in [0.1, 0.15) is 11.5 Å². The van der Waals surface area contributed by atoms with E-state index in [2.05, 4.69) is 0 Å². The van der Waals surface area contributed by atoms with Crippen molar-refractivity contribution in [3.63, 3.8) is 0 Å². The zero-order valence-electron chi connectivity index (χ0n) is 10.5. The average molecular weight is 286 g/mol. The molecule has 1 fully saturated rings. The molecule has 0 aliphatic carbocycles. The zero-order chi connectivity index (χ0) is 14.0. The van der Waals surface area contributed by atoms with Gasteiger partial charge in [0, 0.05) is 24.7 Å². The van der Waals surface area contributed by atoms with E-state index in [-0.39, 0.29) is 35.2 Å². The summed E-state index contributed by atoms with van der Waals surface area (Å²) >= 11 is 5.77. The number of aromatic hydroxyl groups is 2. The number of benzene rings is 1. The fraction of sp³-hybridized carbons (Fsp3) is 0.462. The van der Waals surface area contributed by atoms with Crippen LogP contribution in [0.1, 0.15) is 17.3 Å². The number of carbonyl (C=O) groups excluding carboxylic acids is 1. The van der Waals surface area contributed by atoms with Crippen molar-refractivity contribution in [2.24, 2.45) is 0 Å². The normalized spacial score (nSPS) is 23.4. The standard InChI is InChI=1S/C13H16ClNO4/c1-8-6-15(7-12(5-14)19-8)13(18)9-2-10(16)4-11(17)3-9/h2-4,8,12,16-17H,5-7H2,1H3. The minimum Gasteiger partial charge on any atom is -0.508 e. The predicted molar refractivity (Wildman–Crippen MR) is 70.7 cm³/mol. The molecule has 0 spiro atoms. The number of alkyl halides is 1. The highest BCUT2D eigenvalue weighted by atomic mass is 35.5. The summed E-state index contributed by atoms with van der Waals surface area (Å²) in [4.78, 5) is 13.9. The van der Waals surface area contributed by atoms with Crippen LogP contribution in [0.15, 0.2) is 18.2 Å². The summed E-state index contributed by atoms with van der Waals surface area (Å²) < 4.78 is 5.57. The van der Waals surface area contributed by atoms with Crippen LogP contribution in [0.2, 0.25) is 0 Å². The maximum absolute atomic E-state index is 12.3. The van der Waals surface area contributed by atoms with E-state index in [9.17, 15) is 15.0 Å². The molecule has 1 heterocycles. The molecule has 0 bridgehead atoms. The highest BCUT2D eigenvalue weighted by molar-refractivity contribution is 6.18. The lowest BCUT2D eigenvalue weighted by Gasteiger charge is -2.36. The second-order valence-electron chi connectivity index (χ2n) is 4.67. The second-order valence-corrected chi connectivity index (χ2v) is 4.98. The fourth-order valence-corrected chi connectivity index (χ4v) is 2.37. The van der Waals surface area contributed by atoms with Gasteiger partial charge in [-0.05, 0) is 19.1 Å². The molecule has 0 radical (unpaired) electrons. The number of carbonyl (C=O) groups is 1. The Kier molecular flexibility index (Phi) is 4.17. The molecule has 19 heavy (non-hydrogen) atoms. The SMILES string of the molecule is CC1CN(C(=O)c2cc(O)cc(O)c2)CC(CCl)O1. The van der Waals surface area contributed by atoms with E-state index in [1.54, 1.807) is 4.90 Å². The molecule has 1 aromatic carbocycles. The number of phenolic OH excluding ortho intramolecular Hbond substituents is 2. The van der Waals surface area contributed by atoms with Crippen LogP contribution in [0.3, 0.4) is 0 Å². The van der Waals surface area contributed by atoms with Gasteiger partial charge < -0.3 is 19.8 Å². The highest BCUT2D eigenvalue weighted by Crippen LogP contribution is 2.23. The molecule has 5 nitrogen and oxygen atoms in total. The smallest absolute Gasteiger partial charge is 0.254 e. The topological polar surface area (TPSA) is 70.0 Å². The quantitative estimate of drug-likeness (QED) is 0.809. The summed E-state index contributed by atoms with van der Waals surface area (Å²) in [6.45, 7) is 2.74. The summed E-state index contributed by atoms with van der Waals surface area (Å²) in [7, 11) is 0. The van der Waals surface area contributed by atoms with Crippen molar-refractivity contribution in [3.05, 3.63) is 23.8 Å². The molecule has 104 valence electrons. The van der Waals surface area contributed by atoms with E-state index in [0.717, 1.165) is 0 Å². The van der Waals surface area contributed by atoms with Crippen molar-refractivity contribution in [1.29, 1.82) is 0 Å². The summed E-state index contributed by atoms with van der Waals surface area (Å²) in [6, 6.07) is 3.84. The van der Waals surface area contributed by atoms with E-state index >= 15 is 0 Å². The molecule has 2 unspecified atom stereocenters. The van der Waals surface area contributed by atoms with Crippen LogP contribution in [-0.2, 0) is 4.74 Å². The van der Waals surface area contributed by atoms with Gasteiger partial charge in [0.05, 0.1) is 18.1 Å². The van der Waals surface area contributed by atoms with Crippen LogP contribution in [0.4, 0.5) is 0 Å². The number of halogens is 1. The Labute approximate surface area is 116 Å². The van der Waals surface area contributed by atoms with Gasteiger partial charge in [0.15, 0.2) is 0 Å². The molecule has 6 heteroatoms. The van der Waals surface area contributed by atoms with Crippen molar-refractivity contribution in [3.8, 4) is 11.5 Å². The summed E-state index contributed by atoms with van der Waals surface area (Å²) in [5, 5.41) is 18.8. The largest absolute Gasteiger partial charge is 0.508 e. The summed E-state index contributed by atoms with van der Waals surface area (Å²) in [6.07, 6.45) is -0.285. The molecule has 1 aliphatic heterocycles. The first-order valence-corrected chi connectivity index (χ1v) is 6.56. The number of ether oxygens (including phenoxy) is 1. The highest BCUT2D eigenvalue weighted by Gasteiger charge is 2.28. The number of amides is 1. The van der Waals surface area contributed by atoms with E-state index in [1.807, 2.05) is 6.92 Å². The molecule has 1 saturated heterocycles. The van der Waals surface area contributed by atoms with Gasteiger partial charge >= 0.3 is 0 Å². The lowest BCUT2D eigenvalue weighted by atomic mass is 10.1. The molecule has 0 aromatic heterocycles. The van der Waals surface area contributed by atoms with Crippen LogP contribution in [0.25, 0.3) is 0 Å². The van der Waals surface area contributed by atoms with E-state index in [1.165, 1.54) is 18.2 Å². The van der Waals surface area contributed by atoms with Crippen molar-refractivity contribution in [1.82, 2.24) is 4.90 Å². The fourth-order valence-electron chi connectivity index (χ4n) is 2.20. The Hall–Kier alpha value is -1.46. The van der Waals surface area contributed by atoms with Gasteiger partial charge in [-0.25, -0.2) is 0 Å². The van der Waals surface area contributed by atoms with Crippen LogP contribution < -0.4 is 0 Å². The summed E-state index contributed by atoms with van der Waals surface area (Å²) in [5.41, 5.74) is 0.250. The molecule has 2 atom stereocenters. The first-order chi connectivity index (χ1) is 8.99. The third kappa shape index (κ3) is 3.30. The first kappa shape index (κ1) is 14.0. The Morgan fingerprint density at radius 2 is 2.00 bits per heavy atom. The third-order valence-electron chi connectivity index (χ3n) is 2.94. The second kappa shape index (κ2) is 5.67. The van der Waals surface area contributed by atoms with Crippen molar-refractivity contribution < 1.29 is 19.7 Å². The predicted octanol–water partition coefficient (Wildman–Crippen LogP) is 1.57. The van der Waals surface area contributed by atoms with Crippen molar-refractivity contribution in [2.45, 2.75) is 19.1 Å². The zero-order valence-corrected chi connectivity index (χ0v) is 11.3. The molecular weight excluding hydrogens is 270 g/mol. The number of nitrogens with zero attached hydrogens (tertiary/aromatic N) is 1. The maximum Gasteiger partial charge on any atom is 0.254 e. The monoisotopic (exact) mass is 285 g/mol. The Morgan fingerprint density at radius 1 is 1.37 bits per heavy atom. The average Bonchev–Trinajstić information content (AvgIpc) is 2.35. The first-order valence-electron chi connectivity index (χ1n) is 6.03. The van der Waals surface area contributed by atoms with E-state index < -0.39 is 0 Å². The maximum atomic E-state index is 12.3. The number of hydrogen-bond donors (Lipinski definition) is 2. The third-order valence-corrected chi connectivity index (χ3v) is 3.28. The van der Waals surface area contributed by atoms with Crippen LogP contribution in [-0.4, -0.2) is 52.2 Å². The van der Waals surface area contributed by atoms with Gasteiger partial charge in [-0.15, -0.1) is 11.6 Å². The minimum absolute atomic E-state index is 0.0904. The molecule has 2 N–H and O–H groups in total. The summed E-state index contributed by atoms with van der Waals surface area (Å²) in [5.74, 6) is -0.215. The van der Waals surface area contributed by atoms with Crippen LogP contribution in [0, 0.1) is 0 Å². The molecule has 0 saturated carbocycles. The lowest BCUT2D eigenvalue weighted by Crippen LogP contribution is -2.49. The van der Waals surface area contributed by atoms with Crippen molar-refractivity contribution in [2.75, 3.05) is 19.0 Å². The lowest BCUT2D eigenvalue weighted by molar-refractivity contribution is -0.0570. The number of morpholine rings is 1. The molecule has 1 amide bonds. The number of phenols is 2. The van der Waals surface area contributed by atoms with Crippen LogP contribution >= 0.6 is 11.6 Å². The van der Waals surface area contributed by atoms with Gasteiger partial charge in [0.2, 0.25) is 0 Å². The van der Waals surface area contributed by atoms with Gasteiger partial charge in [0.25, 0.3) is 5.91 Å². The number of hydrogen-bond acceptors (Lipinski definition) is 4. The van der Waals surface area contributed by atoms with Crippen molar-refractivity contribution >= 4 is 17.5 Å². The van der Waals surface area contributed by atoms with E-state index in [0.29, 0.717) is 19.0 Å². The van der Waals surface area contributed by atoms with Gasteiger partial charge in [-0.1, -0.05) is 0 Å². The minimum atomic E-state index is -0.253. The Bertz CT molecular complexity index is 459. The number of rotatable bonds is 2. The van der Waals surface area contributed by atoms with E-state index in [4.69, 9.17) is 16.3 Å². The Morgan fingerprint density at radius 3 is 2.58 bits per heavy atom.